The Hall–Kier alpha value is -3.08. The summed E-state index contributed by atoms with van der Waals surface area (Å²) in [4.78, 5) is 16.4. The Balaban J connectivity index is 1.57. The van der Waals surface area contributed by atoms with Crippen LogP contribution in [0, 0.1) is 13.8 Å². The SMILES string of the molecule is C=C(C)C(=O)NCCCCCc1nc2ccccc2n1CCOc1ccc(C)cc1C. The van der Waals surface area contributed by atoms with E-state index in [1.807, 2.05) is 12.1 Å². The number of hydrogen-bond acceptors (Lipinski definition) is 3. The zero-order valence-corrected chi connectivity index (χ0v) is 18.9. The minimum Gasteiger partial charge on any atom is -0.491 e. The Morgan fingerprint density at radius 1 is 1.13 bits per heavy atom. The van der Waals surface area contributed by atoms with Gasteiger partial charge in [0, 0.05) is 18.5 Å². The Bertz CT molecular complexity index is 1050. The van der Waals surface area contributed by atoms with Crippen molar-refractivity contribution in [2.75, 3.05) is 13.2 Å². The van der Waals surface area contributed by atoms with Crippen LogP contribution in [0.1, 0.15) is 43.1 Å². The molecule has 1 amide bonds. The van der Waals surface area contributed by atoms with Crippen molar-refractivity contribution >= 4 is 16.9 Å². The van der Waals surface area contributed by atoms with E-state index in [9.17, 15) is 4.79 Å². The van der Waals surface area contributed by atoms with Gasteiger partial charge in [-0.1, -0.05) is 42.8 Å². The van der Waals surface area contributed by atoms with Crippen LogP contribution in [0.2, 0.25) is 0 Å². The standard InChI is InChI=1S/C26H33N3O2/c1-19(2)26(30)27-15-9-5-6-12-25-28-22-10-7-8-11-23(22)29(25)16-17-31-24-14-13-20(3)18-21(24)4/h7-8,10-11,13-14,18H,1,5-6,9,12,15-17H2,2-4H3,(H,27,30). The van der Waals surface area contributed by atoms with Crippen LogP contribution in [0.5, 0.6) is 5.75 Å². The minimum absolute atomic E-state index is 0.0643. The van der Waals surface area contributed by atoms with Gasteiger partial charge in [0.25, 0.3) is 0 Å². The summed E-state index contributed by atoms with van der Waals surface area (Å²) in [6.45, 7) is 11.6. The average molecular weight is 420 g/mol. The lowest BCUT2D eigenvalue weighted by Gasteiger charge is -2.13. The van der Waals surface area contributed by atoms with E-state index >= 15 is 0 Å². The lowest BCUT2D eigenvalue weighted by atomic mass is 10.1. The maximum atomic E-state index is 11.5. The van der Waals surface area contributed by atoms with Gasteiger partial charge in [-0.25, -0.2) is 4.98 Å². The number of benzene rings is 2. The summed E-state index contributed by atoms with van der Waals surface area (Å²) in [5.74, 6) is 1.97. The van der Waals surface area contributed by atoms with E-state index in [0.717, 1.165) is 60.4 Å². The molecule has 0 saturated carbocycles. The molecule has 3 rings (SSSR count). The van der Waals surface area contributed by atoms with Crippen LogP contribution in [-0.2, 0) is 17.8 Å². The number of imidazole rings is 1. The van der Waals surface area contributed by atoms with Crippen molar-refractivity contribution in [1.29, 1.82) is 0 Å². The molecule has 164 valence electrons. The van der Waals surface area contributed by atoms with Gasteiger partial charge in [0.2, 0.25) is 5.91 Å². The highest BCUT2D eigenvalue weighted by Crippen LogP contribution is 2.21. The Morgan fingerprint density at radius 2 is 1.94 bits per heavy atom. The maximum absolute atomic E-state index is 11.5. The van der Waals surface area contributed by atoms with Crippen molar-refractivity contribution < 1.29 is 9.53 Å². The molecule has 0 aliphatic heterocycles. The van der Waals surface area contributed by atoms with E-state index in [1.165, 1.54) is 5.56 Å². The first-order chi connectivity index (χ1) is 15.0. The predicted octanol–water partition coefficient (Wildman–Crippen LogP) is 5.14. The molecule has 0 spiro atoms. The van der Waals surface area contributed by atoms with Crippen LogP contribution in [0.3, 0.4) is 0 Å². The number of nitrogens with one attached hydrogen (secondary N) is 1. The summed E-state index contributed by atoms with van der Waals surface area (Å²) in [5, 5.41) is 2.89. The molecule has 0 saturated heterocycles. The molecule has 3 aromatic rings. The Kier molecular flexibility index (Phi) is 7.88. The number of unbranched alkanes of at least 4 members (excludes halogenated alkanes) is 2. The number of amides is 1. The van der Waals surface area contributed by atoms with Crippen LogP contribution in [0.25, 0.3) is 11.0 Å². The van der Waals surface area contributed by atoms with E-state index in [-0.39, 0.29) is 5.91 Å². The Morgan fingerprint density at radius 3 is 2.71 bits per heavy atom. The van der Waals surface area contributed by atoms with Crippen molar-refractivity contribution in [2.45, 2.75) is 53.0 Å². The molecule has 2 aromatic carbocycles. The molecule has 5 heteroatoms. The smallest absolute Gasteiger partial charge is 0.246 e. The van der Waals surface area contributed by atoms with Crippen LogP contribution in [-0.4, -0.2) is 28.6 Å². The van der Waals surface area contributed by atoms with Crippen molar-refractivity contribution in [1.82, 2.24) is 14.9 Å². The fourth-order valence-corrected chi connectivity index (χ4v) is 3.71. The zero-order valence-electron chi connectivity index (χ0n) is 18.9. The minimum atomic E-state index is -0.0643. The van der Waals surface area contributed by atoms with E-state index in [2.05, 4.69) is 60.6 Å². The molecule has 0 bridgehead atoms. The van der Waals surface area contributed by atoms with Gasteiger partial charge in [-0.2, -0.15) is 0 Å². The molecule has 31 heavy (non-hydrogen) atoms. The molecule has 0 radical (unpaired) electrons. The summed E-state index contributed by atoms with van der Waals surface area (Å²) >= 11 is 0. The number of rotatable bonds is 11. The molecule has 0 atom stereocenters. The number of fused-ring (bicyclic) bond motifs is 1. The van der Waals surface area contributed by atoms with Gasteiger partial charge in [0.1, 0.15) is 18.2 Å². The quantitative estimate of drug-likeness (QED) is 0.346. The molecule has 0 fully saturated rings. The second-order valence-corrected chi connectivity index (χ2v) is 8.13. The third kappa shape index (κ3) is 6.20. The number of carbonyl (C=O) groups excluding carboxylic acids is 1. The molecule has 1 aromatic heterocycles. The van der Waals surface area contributed by atoms with Crippen LogP contribution in [0.15, 0.2) is 54.6 Å². The number of para-hydroxylation sites is 2. The van der Waals surface area contributed by atoms with Gasteiger partial charge in [0.15, 0.2) is 0 Å². The maximum Gasteiger partial charge on any atom is 0.246 e. The predicted molar refractivity (Wildman–Crippen MR) is 127 cm³/mol. The van der Waals surface area contributed by atoms with Crippen molar-refractivity contribution in [3.05, 3.63) is 71.6 Å². The lowest BCUT2D eigenvalue weighted by molar-refractivity contribution is -0.117. The van der Waals surface area contributed by atoms with Gasteiger partial charge in [-0.05, 0) is 57.4 Å². The van der Waals surface area contributed by atoms with Gasteiger partial charge in [0.05, 0.1) is 17.6 Å². The van der Waals surface area contributed by atoms with Crippen molar-refractivity contribution in [3.63, 3.8) is 0 Å². The van der Waals surface area contributed by atoms with Crippen molar-refractivity contribution in [3.8, 4) is 5.75 Å². The molecule has 0 unspecified atom stereocenters. The average Bonchev–Trinajstić information content (AvgIpc) is 3.09. The fourth-order valence-electron chi connectivity index (χ4n) is 3.71. The Labute approximate surface area is 185 Å². The summed E-state index contributed by atoms with van der Waals surface area (Å²) in [7, 11) is 0. The molecule has 1 N–H and O–H groups in total. The van der Waals surface area contributed by atoms with E-state index < -0.39 is 0 Å². The summed E-state index contributed by atoms with van der Waals surface area (Å²) < 4.78 is 8.35. The van der Waals surface area contributed by atoms with Gasteiger partial charge < -0.3 is 14.6 Å². The number of ether oxygens (including phenoxy) is 1. The molecule has 5 nitrogen and oxygen atoms in total. The van der Waals surface area contributed by atoms with E-state index in [1.54, 1.807) is 6.92 Å². The van der Waals surface area contributed by atoms with Crippen molar-refractivity contribution in [2.24, 2.45) is 0 Å². The number of carbonyl (C=O) groups is 1. The summed E-state index contributed by atoms with van der Waals surface area (Å²) in [5.41, 5.74) is 5.13. The first-order valence-electron chi connectivity index (χ1n) is 11.0. The molecular weight excluding hydrogens is 386 g/mol. The van der Waals surface area contributed by atoms with E-state index in [4.69, 9.17) is 9.72 Å². The molecule has 1 heterocycles. The van der Waals surface area contributed by atoms with Gasteiger partial charge in [-0.15, -0.1) is 0 Å². The fraction of sp³-hybridized carbons (Fsp3) is 0.385. The normalized spacial score (nSPS) is 10.9. The summed E-state index contributed by atoms with van der Waals surface area (Å²) in [6, 6.07) is 14.5. The zero-order chi connectivity index (χ0) is 22.2. The van der Waals surface area contributed by atoms with Gasteiger partial charge >= 0.3 is 0 Å². The lowest BCUT2D eigenvalue weighted by Crippen LogP contribution is -2.24. The molecular formula is C26H33N3O2. The van der Waals surface area contributed by atoms with E-state index in [0.29, 0.717) is 18.7 Å². The molecule has 0 aliphatic carbocycles. The second kappa shape index (κ2) is 10.8. The highest BCUT2D eigenvalue weighted by Gasteiger charge is 2.11. The first-order valence-corrected chi connectivity index (χ1v) is 11.0. The topological polar surface area (TPSA) is 56.2 Å². The van der Waals surface area contributed by atoms with Crippen LogP contribution >= 0.6 is 0 Å². The number of aromatic nitrogens is 2. The number of hydrogen-bond donors (Lipinski definition) is 1. The summed E-state index contributed by atoms with van der Waals surface area (Å²) in [6.07, 6.45) is 3.94. The third-order valence-corrected chi connectivity index (χ3v) is 5.39. The largest absolute Gasteiger partial charge is 0.491 e. The number of aryl methyl sites for hydroxylation is 3. The first kappa shape index (κ1) is 22.6. The highest BCUT2D eigenvalue weighted by molar-refractivity contribution is 5.92. The highest BCUT2D eigenvalue weighted by atomic mass is 16.5. The third-order valence-electron chi connectivity index (χ3n) is 5.39. The monoisotopic (exact) mass is 419 g/mol. The number of nitrogens with zero attached hydrogens (tertiary/aromatic N) is 2. The van der Waals surface area contributed by atoms with Gasteiger partial charge in [-0.3, -0.25) is 4.79 Å². The molecule has 0 aliphatic rings. The second-order valence-electron chi connectivity index (χ2n) is 8.13. The van der Waals surface area contributed by atoms with Crippen LogP contribution in [0.4, 0.5) is 0 Å². The van der Waals surface area contributed by atoms with Crippen LogP contribution < -0.4 is 10.1 Å².